The zero-order chi connectivity index (χ0) is 16.2. The van der Waals surface area contributed by atoms with Crippen molar-refractivity contribution >= 4 is 22.6 Å². The summed E-state index contributed by atoms with van der Waals surface area (Å²) >= 11 is 0. The van der Waals surface area contributed by atoms with Crippen molar-refractivity contribution in [1.29, 1.82) is 5.26 Å². The molecule has 0 saturated heterocycles. The molecule has 0 saturated carbocycles. The number of rotatable bonds is 4. The van der Waals surface area contributed by atoms with Gasteiger partial charge in [-0.25, -0.2) is 0 Å². The van der Waals surface area contributed by atoms with E-state index < -0.39 is 0 Å². The van der Waals surface area contributed by atoms with Gasteiger partial charge in [0.05, 0.1) is 17.7 Å². The molecule has 0 fully saturated rings. The van der Waals surface area contributed by atoms with E-state index in [9.17, 15) is 5.26 Å². The highest BCUT2D eigenvalue weighted by Gasteiger charge is 2.10. The predicted molar refractivity (Wildman–Crippen MR) is 91.8 cm³/mol. The second-order valence-corrected chi connectivity index (χ2v) is 5.53. The topological polar surface area (TPSA) is 61.7 Å². The summed E-state index contributed by atoms with van der Waals surface area (Å²) in [5, 5.41) is 10.5. The van der Waals surface area contributed by atoms with Crippen molar-refractivity contribution in [2.75, 3.05) is 0 Å². The Hall–Kier alpha value is -3.06. The molecule has 0 atom stereocenters. The Morgan fingerprint density at radius 1 is 1.35 bits per heavy atom. The predicted octanol–water partition coefficient (Wildman–Crippen LogP) is 4.41. The number of nitriles is 1. The Balaban J connectivity index is 2.07. The van der Waals surface area contributed by atoms with Crippen LogP contribution in [0.4, 0.5) is 0 Å². The summed E-state index contributed by atoms with van der Waals surface area (Å²) in [5.74, 6) is 0.798. The second-order valence-electron chi connectivity index (χ2n) is 5.53. The van der Waals surface area contributed by atoms with Crippen molar-refractivity contribution in [3.63, 3.8) is 0 Å². The molecule has 114 valence electrons. The first-order valence-corrected chi connectivity index (χ1v) is 7.47. The summed E-state index contributed by atoms with van der Waals surface area (Å²) < 4.78 is 5.75. The van der Waals surface area contributed by atoms with Crippen LogP contribution >= 0.6 is 0 Å². The SMILES string of the molecule is CC(C)Oc1ccc2[nH]cc(C(C#N)=Cc3cccnc3)c2c1. The van der Waals surface area contributed by atoms with Crippen LogP contribution in [0.25, 0.3) is 22.6 Å². The summed E-state index contributed by atoms with van der Waals surface area (Å²) in [6.45, 7) is 3.98. The van der Waals surface area contributed by atoms with Crippen molar-refractivity contribution in [3.05, 3.63) is 60.0 Å². The van der Waals surface area contributed by atoms with Gasteiger partial charge in [0.1, 0.15) is 5.75 Å². The highest BCUT2D eigenvalue weighted by atomic mass is 16.5. The molecule has 3 aromatic rings. The van der Waals surface area contributed by atoms with E-state index in [1.54, 1.807) is 12.4 Å². The maximum absolute atomic E-state index is 9.55. The second kappa shape index (κ2) is 6.37. The van der Waals surface area contributed by atoms with Crippen LogP contribution in [-0.4, -0.2) is 16.1 Å². The molecule has 0 unspecified atom stereocenters. The molecule has 0 spiro atoms. The van der Waals surface area contributed by atoms with Gasteiger partial charge < -0.3 is 9.72 Å². The van der Waals surface area contributed by atoms with Gasteiger partial charge in [0.15, 0.2) is 0 Å². The van der Waals surface area contributed by atoms with E-state index in [0.717, 1.165) is 27.8 Å². The molecule has 3 rings (SSSR count). The fourth-order valence-electron chi connectivity index (χ4n) is 2.47. The normalized spacial score (nSPS) is 11.7. The van der Waals surface area contributed by atoms with Crippen molar-refractivity contribution in [2.45, 2.75) is 20.0 Å². The summed E-state index contributed by atoms with van der Waals surface area (Å²) in [4.78, 5) is 7.29. The number of aromatic amines is 1. The zero-order valence-corrected chi connectivity index (χ0v) is 13.1. The van der Waals surface area contributed by atoms with Gasteiger partial charge >= 0.3 is 0 Å². The Kier molecular flexibility index (Phi) is 4.11. The fraction of sp³-hybridized carbons (Fsp3) is 0.158. The minimum atomic E-state index is 0.108. The molecule has 0 aliphatic heterocycles. The van der Waals surface area contributed by atoms with Crippen LogP contribution in [-0.2, 0) is 0 Å². The molecule has 0 amide bonds. The van der Waals surface area contributed by atoms with Crippen LogP contribution in [0.5, 0.6) is 5.75 Å². The van der Waals surface area contributed by atoms with Crippen LogP contribution in [0.2, 0.25) is 0 Å². The number of benzene rings is 1. The minimum Gasteiger partial charge on any atom is -0.491 e. The van der Waals surface area contributed by atoms with Gasteiger partial charge in [-0.3, -0.25) is 4.98 Å². The van der Waals surface area contributed by atoms with E-state index in [1.165, 1.54) is 0 Å². The first-order chi connectivity index (χ1) is 11.2. The average Bonchev–Trinajstić information content (AvgIpc) is 2.96. The Labute approximate surface area is 135 Å². The number of nitrogens with one attached hydrogen (secondary N) is 1. The van der Waals surface area contributed by atoms with Gasteiger partial charge in [-0.15, -0.1) is 0 Å². The van der Waals surface area contributed by atoms with Crippen molar-refractivity contribution < 1.29 is 4.74 Å². The van der Waals surface area contributed by atoms with Crippen molar-refractivity contribution in [1.82, 2.24) is 9.97 Å². The number of hydrogen-bond donors (Lipinski definition) is 1. The minimum absolute atomic E-state index is 0.108. The molecule has 23 heavy (non-hydrogen) atoms. The van der Waals surface area contributed by atoms with Gasteiger partial charge in [0.2, 0.25) is 0 Å². The summed E-state index contributed by atoms with van der Waals surface area (Å²) in [6.07, 6.45) is 7.25. The Morgan fingerprint density at radius 2 is 2.22 bits per heavy atom. The first kappa shape index (κ1) is 14.9. The van der Waals surface area contributed by atoms with E-state index in [2.05, 4.69) is 16.0 Å². The van der Waals surface area contributed by atoms with E-state index in [-0.39, 0.29) is 6.10 Å². The largest absolute Gasteiger partial charge is 0.491 e. The molecule has 0 radical (unpaired) electrons. The van der Waals surface area contributed by atoms with Gasteiger partial charge in [-0.05, 0) is 49.8 Å². The molecular weight excluding hydrogens is 286 g/mol. The van der Waals surface area contributed by atoms with Crippen LogP contribution in [0, 0.1) is 11.3 Å². The van der Waals surface area contributed by atoms with Gasteiger partial charge in [-0.2, -0.15) is 5.26 Å². The molecule has 4 heteroatoms. The number of ether oxygens (including phenoxy) is 1. The highest BCUT2D eigenvalue weighted by Crippen LogP contribution is 2.29. The first-order valence-electron chi connectivity index (χ1n) is 7.47. The van der Waals surface area contributed by atoms with Crippen LogP contribution in [0.3, 0.4) is 0 Å². The molecule has 1 N–H and O–H groups in total. The fourth-order valence-corrected chi connectivity index (χ4v) is 2.47. The number of H-pyrrole nitrogens is 1. The number of allylic oxidation sites excluding steroid dienone is 1. The lowest BCUT2D eigenvalue weighted by Gasteiger charge is -2.09. The molecule has 1 aromatic carbocycles. The van der Waals surface area contributed by atoms with E-state index in [1.807, 2.05) is 56.5 Å². The number of pyridine rings is 1. The third kappa shape index (κ3) is 3.24. The van der Waals surface area contributed by atoms with Gasteiger partial charge in [-0.1, -0.05) is 6.07 Å². The Morgan fingerprint density at radius 3 is 2.91 bits per heavy atom. The maximum Gasteiger partial charge on any atom is 0.120 e. The monoisotopic (exact) mass is 303 g/mol. The summed E-state index contributed by atoms with van der Waals surface area (Å²) in [6, 6.07) is 11.9. The number of aromatic nitrogens is 2. The van der Waals surface area contributed by atoms with Gasteiger partial charge in [0.25, 0.3) is 0 Å². The van der Waals surface area contributed by atoms with Crippen molar-refractivity contribution in [2.24, 2.45) is 0 Å². The zero-order valence-electron chi connectivity index (χ0n) is 13.1. The van der Waals surface area contributed by atoms with E-state index in [4.69, 9.17) is 4.74 Å². The maximum atomic E-state index is 9.55. The molecule has 2 heterocycles. The molecule has 0 bridgehead atoms. The summed E-state index contributed by atoms with van der Waals surface area (Å²) in [7, 11) is 0. The van der Waals surface area contributed by atoms with Crippen LogP contribution in [0.15, 0.2) is 48.9 Å². The average molecular weight is 303 g/mol. The number of hydrogen-bond acceptors (Lipinski definition) is 3. The van der Waals surface area contributed by atoms with Crippen LogP contribution in [0.1, 0.15) is 25.0 Å². The third-order valence-corrected chi connectivity index (χ3v) is 3.43. The smallest absolute Gasteiger partial charge is 0.120 e. The molecule has 0 aliphatic carbocycles. The van der Waals surface area contributed by atoms with Gasteiger partial charge in [0, 0.05) is 35.1 Å². The molecule has 2 aromatic heterocycles. The summed E-state index contributed by atoms with van der Waals surface area (Å²) in [5.41, 5.74) is 3.32. The lowest BCUT2D eigenvalue weighted by molar-refractivity contribution is 0.243. The van der Waals surface area contributed by atoms with E-state index in [0.29, 0.717) is 5.57 Å². The number of fused-ring (bicyclic) bond motifs is 1. The third-order valence-electron chi connectivity index (χ3n) is 3.43. The molecule has 4 nitrogen and oxygen atoms in total. The van der Waals surface area contributed by atoms with Crippen LogP contribution < -0.4 is 4.74 Å². The quantitative estimate of drug-likeness (QED) is 0.726. The Bertz CT molecular complexity index is 886. The molecule has 0 aliphatic rings. The molecular formula is C19H17N3O. The standard InChI is InChI=1S/C19H17N3O/c1-13(2)23-16-5-6-19-17(9-16)18(12-22-19)15(10-20)8-14-4-3-7-21-11-14/h3-9,11-13,22H,1-2H3. The highest BCUT2D eigenvalue weighted by molar-refractivity contribution is 6.01. The van der Waals surface area contributed by atoms with Crippen molar-refractivity contribution in [3.8, 4) is 11.8 Å². The van der Waals surface area contributed by atoms with E-state index >= 15 is 0 Å². The lowest BCUT2D eigenvalue weighted by Crippen LogP contribution is -2.05. The lowest BCUT2D eigenvalue weighted by atomic mass is 10.0. The number of nitrogens with zero attached hydrogens (tertiary/aromatic N) is 2.